The summed E-state index contributed by atoms with van der Waals surface area (Å²) in [5.74, 6) is -2.31. The normalized spacial score (nSPS) is 18.5. The molecular formula is C20H25F2N3O3. The highest BCUT2D eigenvalue weighted by atomic mass is 19.2. The number of amides is 3. The van der Waals surface area contributed by atoms with Gasteiger partial charge in [-0.15, -0.1) is 0 Å². The third-order valence-corrected chi connectivity index (χ3v) is 5.20. The van der Waals surface area contributed by atoms with E-state index >= 15 is 0 Å². The molecule has 0 radical (unpaired) electrons. The molecule has 1 aliphatic carbocycles. The number of carbonyl (C=O) groups is 3. The second-order valence-corrected chi connectivity index (χ2v) is 7.59. The molecule has 1 atom stereocenters. The van der Waals surface area contributed by atoms with E-state index in [0.717, 1.165) is 25.0 Å². The van der Waals surface area contributed by atoms with Crippen molar-refractivity contribution in [2.45, 2.75) is 51.1 Å². The zero-order valence-electron chi connectivity index (χ0n) is 15.8. The molecule has 0 aromatic heterocycles. The van der Waals surface area contributed by atoms with Crippen molar-refractivity contribution in [2.24, 2.45) is 5.92 Å². The van der Waals surface area contributed by atoms with Gasteiger partial charge >= 0.3 is 0 Å². The number of hydrogen-bond donors (Lipinski definition) is 2. The highest BCUT2D eigenvalue weighted by Gasteiger charge is 2.35. The number of benzene rings is 1. The maximum absolute atomic E-state index is 13.4. The number of rotatable bonds is 6. The summed E-state index contributed by atoms with van der Waals surface area (Å²) in [5.41, 5.74) is 0.414. The molecule has 1 aromatic carbocycles. The smallest absolute Gasteiger partial charge is 0.243 e. The highest BCUT2D eigenvalue weighted by molar-refractivity contribution is 5.87. The minimum absolute atomic E-state index is 0.0572. The minimum Gasteiger partial charge on any atom is -0.351 e. The van der Waals surface area contributed by atoms with Gasteiger partial charge in [-0.1, -0.05) is 6.07 Å². The van der Waals surface area contributed by atoms with E-state index in [-0.39, 0.29) is 36.1 Å². The van der Waals surface area contributed by atoms with Crippen molar-refractivity contribution >= 4 is 17.7 Å². The molecule has 1 heterocycles. The molecule has 1 saturated heterocycles. The third kappa shape index (κ3) is 5.27. The summed E-state index contributed by atoms with van der Waals surface area (Å²) in [7, 11) is 0. The number of carbonyl (C=O) groups excluding carboxylic acids is 3. The molecule has 1 unspecified atom stereocenters. The van der Waals surface area contributed by atoms with E-state index < -0.39 is 17.7 Å². The molecule has 3 rings (SSSR count). The van der Waals surface area contributed by atoms with Gasteiger partial charge in [0.15, 0.2) is 11.6 Å². The quantitative estimate of drug-likeness (QED) is 0.769. The molecule has 2 fully saturated rings. The lowest BCUT2D eigenvalue weighted by Gasteiger charge is -2.33. The van der Waals surface area contributed by atoms with Gasteiger partial charge in [-0.25, -0.2) is 8.78 Å². The van der Waals surface area contributed by atoms with Gasteiger partial charge in [0, 0.05) is 38.4 Å². The fourth-order valence-electron chi connectivity index (χ4n) is 3.49. The Labute approximate surface area is 162 Å². The van der Waals surface area contributed by atoms with E-state index in [2.05, 4.69) is 10.6 Å². The molecule has 3 amide bonds. The molecule has 1 saturated carbocycles. The first kappa shape index (κ1) is 20.2. The van der Waals surface area contributed by atoms with E-state index in [1.165, 1.54) is 13.0 Å². The van der Waals surface area contributed by atoms with Crippen LogP contribution in [-0.4, -0.2) is 47.8 Å². The van der Waals surface area contributed by atoms with Crippen molar-refractivity contribution in [3.8, 4) is 0 Å². The largest absolute Gasteiger partial charge is 0.351 e. The van der Waals surface area contributed by atoms with Crippen LogP contribution >= 0.6 is 0 Å². The Hall–Kier alpha value is -2.51. The van der Waals surface area contributed by atoms with Crippen molar-refractivity contribution < 1.29 is 23.2 Å². The third-order valence-electron chi connectivity index (χ3n) is 5.20. The van der Waals surface area contributed by atoms with Crippen molar-refractivity contribution in [1.82, 2.24) is 15.5 Å². The number of hydrogen-bond acceptors (Lipinski definition) is 3. The monoisotopic (exact) mass is 393 g/mol. The van der Waals surface area contributed by atoms with Crippen molar-refractivity contribution in [1.29, 1.82) is 0 Å². The van der Waals surface area contributed by atoms with E-state index in [9.17, 15) is 23.2 Å². The van der Waals surface area contributed by atoms with Gasteiger partial charge in [0.1, 0.15) is 6.04 Å². The van der Waals surface area contributed by atoms with Crippen molar-refractivity contribution in [3.63, 3.8) is 0 Å². The Balaban J connectivity index is 1.56. The number of halogens is 2. The van der Waals surface area contributed by atoms with Crippen LogP contribution in [0.25, 0.3) is 0 Å². The Morgan fingerprint density at radius 3 is 2.36 bits per heavy atom. The molecule has 152 valence electrons. The van der Waals surface area contributed by atoms with Gasteiger partial charge in [-0.05, 0) is 43.4 Å². The van der Waals surface area contributed by atoms with Gasteiger partial charge in [0.2, 0.25) is 17.7 Å². The lowest BCUT2D eigenvalue weighted by Crippen LogP contribution is -2.53. The Kier molecular flexibility index (Phi) is 6.26. The first-order chi connectivity index (χ1) is 13.3. The van der Waals surface area contributed by atoms with E-state index in [4.69, 9.17) is 0 Å². The standard InChI is InChI=1S/C20H25F2N3O3/c1-12(26)23-18(11-13-2-5-16(21)17(22)10-13)19(27)24-15-6-8-25(9-7-15)20(28)14-3-4-14/h2,5,10,14-15,18H,3-4,6-9,11H2,1H3,(H,23,26)(H,24,27). The molecule has 1 aliphatic heterocycles. The SMILES string of the molecule is CC(=O)NC(Cc1ccc(F)c(F)c1)C(=O)NC1CCN(C(=O)C2CC2)CC1. The molecule has 28 heavy (non-hydrogen) atoms. The van der Waals surface area contributed by atoms with Crippen LogP contribution < -0.4 is 10.6 Å². The van der Waals surface area contributed by atoms with Gasteiger partial charge in [-0.3, -0.25) is 14.4 Å². The summed E-state index contributed by atoms with van der Waals surface area (Å²) in [6, 6.07) is 2.45. The molecule has 2 aliphatic rings. The van der Waals surface area contributed by atoms with Crippen LogP contribution in [-0.2, 0) is 20.8 Å². The van der Waals surface area contributed by atoms with Crippen molar-refractivity contribution in [2.75, 3.05) is 13.1 Å². The summed E-state index contributed by atoms with van der Waals surface area (Å²) >= 11 is 0. The number of likely N-dealkylation sites (tertiary alicyclic amines) is 1. The summed E-state index contributed by atoms with van der Waals surface area (Å²) < 4.78 is 26.5. The molecule has 2 N–H and O–H groups in total. The van der Waals surface area contributed by atoms with E-state index in [1.807, 2.05) is 4.90 Å². The lowest BCUT2D eigenvalue weighted by molar-refractivity contribution is -0.134. The van der Waals surface area contributed by atoms with Crippen LogP contribution in [0.3, 0.4) is 0 Å². The average Bonchev–Trinajstić information content (AvgIpc) is 3.49. The van der Waals surface area contributed by atoms with Crippen LogP contribution in [0.5, 0.6) is 0 Å². The molecule has 0 spiro atoms. The summed E-state index contributed by atoms with van der Waals surface area (Å²) in [6.45, 7) is 2.51. The summed E-state index contributed by atoms with van der Waals surface area (Å²) in [5, 5.41) is 5.49. The molecule has 0 bridgehead atoms. The van der Waals surface area contributed by atoms with Crippen LogP contribution in [0.15, 0.2) is 18.2 Å². The Morgan fingerprint density at radius 2 is 1.79 bits per heavy atom. The van der Waals surface area contributed by atoms with Gasteiger partial charge < -0.3 is 15.5 Å². The first-order valence-corrected chi connectivity index (χ1v) is 9.63. The van der Waals surface area contributed by atoms with Crippen molar-refractivity contribution in [3.05, 3.63) is 35.4 Å². The van der Waals surface area contributed by atoms with Crippen LogP contribution in [0.2, 0.25) is 0 Å². The fourth-order valence-corrected chi connectivity index (χ4v) is 3.49. The summed E-state index contributed by atoms with van der Waals surface area (Å²) in [6.07, 6.45) is 3.31. The van der Waals surface area contributed by atoms with Crippen LogP contribution in [0.4, 0.5) is 8.78 Å². The lowest BCUT2D eigenvalue weighted by atomic mass is 10.0. The van der Waals surface area contributed by atoms with Gasteiger partial charge in [-0.2, -0.15) is 0 Å². The maximum Gasteiger partial charge on any atom is 0.243 e. The first-order valence-electron chi connectivity index (χ1n) is 9.63. The predicted octanol–water partition coefficient (Wildman–Crippen LogP) is 1.53. The Morgan fingerprint density at radius 1 is 1.11 bits per heavy atom. The second kappa shape index (κ2) is 8.67. The highest BCUT2D eigenvalue weighted by Crippen LogP contribution is 2.31. The topological polar surface area (TPSA) is 78.5 Å². The predicted molar refractivity (Wildman–Crippen MR) is 98.1 cm³/mol. The summed E-state index contributed by atoms with van der Waals surface area (Å²) in [4.78, 5) is 38.1. The van der Waals surface area contributed by atoms with Crippen LogP contribution in [0, 0.1) is 17.6 Å². The zero-order chi connectivity index (χ0) is 20.3. The fraction of sp³-hybridized carbons (Fsp3) is 0.550. The molecular weight excluding hydrogens is 368 g/mol. The maximum atomic E-state index is 13.4. The second-order valence-electron chi connectivity index (χ2n) is 7.59. The average molecular weight is 393 g/mol. The van der Waals surface area contributed by atoms with Gasteiger partial charge in [0.05, 0.1) is 0 Å². The number of piperidine rings is 1. The van der Waals surface area contributed by atoms with E-state index in [0.29, 0.717) is 31.5 Å². The van der Waals surface area contributed by atoms with Crippen LogP contribution in [0.1, 0.15) is 38.2 Å². The molecule has 6 nitrogen and oxygen atoms in total. The number of nitrogens with one attached hydrogen (secondary N) is 2. The zero-order valence-corrected chi connectivity index (χ0v) is 15.8. The van der Waals surface area contributed by atoms with Gasteiger partial charge in [0.25, 0.3) is 0 Å². The minimum atomic E-state index is -0.993. The van der Waals surface area contributed by atoms with E-state index in [1.54, 1.807) is 0 Å². The molecule has 1 aromatic rings. The Bertz CT molecular complexity index is 759. The molecule has 8 heteroatoms. The number of nitrogens with zero attached hydrogens (tertiary/aromatic N) is 1.